The fourth-order valence-corrected chi connectivity index (χ4v) is 1.98. The Morgan fingerprint density at radius 3 is 2.68 bits per heavy atom. The van der Waals surface area contributed by atoms with Crippen LogP contribution in [0.5, 0.6) is 11.5 Å². The van der Waals surface area contributed by atoms with E-state index < -0.39 is 0 Å². The van der Waals surface area contributed by atoms with Gasteiger partial charge < -0.3 is 9.47 Å². The molecule has 0 fully saturated rings. The molecule has 2 aromatic rings. The summed E-state index contributed by atoms with van der Waals surface area (Å²) in [5.74, 6) is 1.74. The molecule has 0 amide bonds. The third-order valence-electron chi connectivity index (χ3n) is 2.94. The maximum absolute atomic E-state index is 5.85. The highest BCUT2D eigenvalue weighted by Crippen LogP contribution is 2.20. The van der Waals surface area contributed by atoms with E-state index in [4.69, 9.17) is 9.47 Å². The van der Waals surface area contributed by atoms with Crippen LogP contribution in [0.15, 0.2) is 36.4 Å². The molecule has 1 aromatic carbocycles. The summed E-state index contributed by atoms with van der Waals surface area (Å²) < 4.78 is 11.1. The first kappa shape index (κ1) is 13.4. The number of rotatable bonds is 5. The molecule has 100 valence electrons. The molecular formula is C16H19NO2. The molecule has 0 aliphatic rings. The van der Waals surface area contributed by atoms with E-state index in [1.54, 1.807) is 7.11 Å². The van der Waals surface area contributed by atoms with Crippen LogP contribution in [0, 0.1) is 6.92 Å². The number of methoxy groups -OCH3 is 1. The van der Waals surface area contributed by atoms with Gasteiger partial charge in [-0.3, -0.25) is 4.98 Å². The van der Waals surface area contributed by atoms with Gasteiger partial charge in [0.05, 0.1) is 12.8 Å². The van der Waals surface area contributed by atoms with Gasteiger partial charge in [0, 0.05) is 17.8 Å². The largest absolute Gasteiger partial charge is 0.497 e. The molecule has 0 bridgehead atoms. The SMILES string of the molecule is CCc1ccccc1OCc1cc(OC)cc(C)n1. The van der Waals surface area contributed by atoms with E-state index in [0.717, 1.165) is 29.3 Å². The van der Waals surface area contributed by atoms with Crippen molar-refractivity contribution in [2.75, 3.05) is 7.11 Å². The van der Waals surface area contributed by atoms with E-state index in [9.17, 15) is 0 Å². The third-order valence-corrected chi connectivity index (χ3v) is 2.94. The van der Waals surface area contributed by atoms with Crippen molar-refractivity contribution in [2.24, 2.45) is 0 Å². The van der Waals surface area contributed by atoms with E-state index in [-0.39, 0.29) is 0 Å². The van der Waals surface area contributed by atoms with Crippen LogP contribution in [0.4, 0.5) is 0 Å². The van der Waals surface area contributed by atoms with Crippen LogP contribution in [0.1, 0.15) is 23.9 Å². The van der Waals surface area contributed by atoms with Crippen molar-refractivity contribution in [3.8, 4) is 11.5 Å². The van der Waals surface area contributed by atoms with Gasteiger partial charge in [-0.15, -0.1) is 0 Å². The summed E-state index contributed by atoms with van der Waals surface area (Å²) in [6, 6.07) is 11.9. The molecule has 2 rings (SSSR count). The second kappa shape index (κ2) is 6.23. The van der Waals surface area contributed by atoms with Crippen molar-refractivity contribution >= 4 is 0 Å². The monoisotopic (exact) mass is 257 g/mol. The molecule has 0 aliphatic heterocycles. The van der Waals surface area contributed by atoms with Crippen LogP contribution < -0.4 is 9.47 Å². The average Bonchev–Trinajstić information content (AvgIpc) is 2.44. The number of para-hydroxylation sites is 1. The summed E-state index contributed by atoms with van der Waals surface area (Å²) in [6.07, 6.45) is 0.959. The summed E-state index contributed by atoms with van der Waals surface area (Å²) in [7, 11) is 1.66. The zero-order chi connectivity index (χ0) is 13.7. The van der Waals surface area contributed by atoms with Gasteiger partial charge in [0.2, 0.25) is 0 Å². The summed E-state index contributed by atoms with van der Waals surface area (Å²) in [6.45, 7) is 4.52. The number of ether oxygens (including phenoxy) is 2. The van der Waals surface area contributed by atoms with Crippen LogP contribution in [-0.2, 0) is 13.0 Å². The number of benzene rings is 1. The molecule has 0 unspecified atom stereocenters. The summed E-state index contributed by atoms with van der Waals surface area (Å²) in [5, 5.41) is 0. The fourth-order valence-electron chi connectivity index (χ4n) is 1.98. The lowest BCUT2D eigenvalue weighted by Crippen LogP contribution is -2.02. The van der Waals surface area contributed by atoms with Crippen LogP contribution in [-0.4, -0.2) is 12.1 Å². The van der Waals surface area contributed by atoms with Gasteiger partial charge in [0.25, 0.3) is 0 Å². The minimum absolute atomic E-state index is 0.453. The Morgan fingerprint density at radius 1 is 1.16 bits per heavy atom. The van der Waals surface area contributed by atoms with Gasteiger partial charge >= 0.3 is 0 Å². The van der Waals surface area contributed by atoms with Gasteiger partial charge in [-0.25, -0.2) is 0 Å². The van der Waals surface area contributed by atoms with Crippen molar-refractivity contribution in [2.45, 2.75) is 26.9 Å². The molecule has 0 spiro atoms. The molecule has 1 aromatic heterocycles. The molecule has 0 saturated heterocycles. The third kappa shape index (κ3) is 3.47. The fraction of sp³-hybridized carbons (Fsp3) is 0.312. The number of hydrogen-bond acceptors (Lipinski definition) is 3. The van der Waals surface area contributed by atoms with E-state index in [2.05, 4.69) is 18.0 Å². The lowest BCUT2D eigenvalue weighted by atomic mass is 10.1. The Bertz CT molecular complexity index is 552. The molecule has 3 heteroatoms. The minimum Gasteiger partial charge on any atom is -0.497 e. The molecule has 0 aliphatic carbocycles. The Kier molecular flexibility index (Phi) is 4.39. The maximum atomic E-state index is 5.85. The Morgan fingerprint density at radius 2 is 1.95 bits per heavy atom. The molecular weight excluding hydrogens is 238 g/mol. The zero-order valence-corrected chi connectivity index (χ0v) is 11.6. The smallest absolute Gasteiger partial charge is 0.130 e. The number of nitrogens with zero attached hydrogens (tertiary/aromatic N) is 1. The quantitative estimate of drug-likeness (QED) is 0.821. The molecule has 19 heavy (non-hydrogen) atoms. The predicted molar refractivity (Wildman–Crippen MR) is 75.7 cm³/mol. The van der Waals surface area contributed by atoms with Gasteiger partial charge in [0.1, 0.15) is 18.1 Å². The number of pyridine rings is 1. The van der Waals surface area contributed by atoms with Crippen molar-refractivity contribution in [3.05, 3.63) is 53.3 Å². The highest BCUT2D eigenvalue weighted by Gasteiger charge is 2.04. The average molecular weight is 257 g/mol. The van der Waals surface area contributed by atoms with Crippen molar-refractivity contribution < 1.29 is 9.47 Å². The number of aromatic nitrogens is 1. The molecule has 3 nitrogen and oxygen atoms in total. The van der Waals surface area contributed by atoms with E-state index in [1.807, 2.05) is 37.3 Å². The van der Waals surface area contributed by atoms with Gasteiger partial charge in [-0.1, -0.05) is 25.1 Å². The zero-order valence-electron chi connectivity index (χ0n) is 11.6. The van der Waals surface area contributed by atoms with Gasteiger partial charge in [-0.05, 0) is 25.0 Å². The van der Waals surface area contributed by atoms with E-state index in [1.165, 1.54) is 5.56 Å². The van der Waals surface area contributed by atoms with Crippen LogP contribution in [0.25, 0.3) is 0 Å². The van der Waals surface area contributed by atoms with E-state index in [0.29, 0.717) is 6.61 Å². The normalized spacial score (nSPS) is 10.3. The van der Waals surface area contributed by atoms with Gasteiger partial charge in [-0.2, -0.15) is 0 Å². The van der Waals surface area contributed by atoms with E-state index >= 15 is 0 Å². The number of aryl methyl sites for hydroxylation is 2. The number of hydrogen-bond donors (Lipinski definition) is 0. The summed E-state index contributed by atoms with van der Waals surface area (Å²) in [5.41, 5.74) is 3.02. The lowest BCUT2D eigenvalue weighted by Gasteiger charge is -2.11. The predicted octanol–water partition coefficient (Wildman–Crippen LogP) is 3.54. The van der Waals surface area contributed by atoms with Crippen LogP contribution in [0.3, 0.4) is 0 Å². The molecule has 0 N–H and O–H groups in total. The van der Waals surface area contributed by atoms with Crippen molar-refractivity contribution in [1.82, 2.24) is 4.98 Å². The first-order valence-corrected chi connectivity index (χ1v) is 6.45. The summed E-state index contributed by atoms with van der Waals surface area (Å²) in [4.78, 5) is 4.45. The Hall–Kier alpha value is -2.03. The standard InChI is InChI=1S/C16H19NO2/c1-4-13-7-5-6-8-16(13)19-11-14-10-15(18-3)9-12(2)17-14/h5-10H,4,11H2,1-3H3. The summed E-state index contributed by atoms with van der Waals surface area (Å²) >= 11 is 0. The second-order valence-corrected chi connectivity index (χ2v) is 4.39. The maximum Gasteiger partial charge on any atom is 0.130 e. The molecule has 1 heterocycles. The molecule has 0 atom stereocenters. The minimum atomic E-state index is 0.453. The highest BCUT2D eigenvalue weighted by molar-refractivity contribution is 5.33. The highest BCUT2D eigenvalue weighted by atomic mass is 16.5. The van der Waals surface area contributed by atoms with Crippen LogP contribution in [0.2, 0.25) is 0 Å². The van der Waals surface area contributed by atoms with Crippen LogP contribution >= 0.6 is 0 Å². The first-order valence-electron chi connectivity index (χ1n) is 6.45. The Labute approximate surface area is 114 Å². The van der Waals surface area contributed by atoms with Crippen molar-refractivity contribution in [3.63, 3.8) is 0 Å². The van der Waals surface area contributed by atoms with Gasteiger partial charge in [0.15, 0.2) is 0 Å². The lowest BCUT2D eigenvalue weighted by molar-refractivity contribution is 0.297. The molecule has 0 saturated carbocycles. The second-order valence-electron chi connectivity index (χ2n) is 4.39. The first-order chi connectivity index (χ1) is 9.22. The molecule has 0 radical (unpaired) electrons. The van der Waals surface area contributed by atoms with Crippen molar-refractivity contribution in [1.29, 1.82) is 0 Å². The topological polar surface area (TPSA) is 31.4 Å². The Balaban J connectivity index is 2.12.